The van der Waals surface area contributed by atoms with Gasteiger partial charge in [-0.25, -0.2) is 14.2 Å². The maximum absolute atomic E-state index is 12.4. The molecule has 2 aromatic carbocycles. The van der Waals surface area contributed by atoms with E-state index in [-0.39, 0.29) is 23.3 Å². The third-order valence-corrected chi connectivity index (χ3v) is 4.08. The SMILES string of the molecule is CCC(=Nc1cccc(C(=O)O)c1)c1c(O)n(-c2ccccc2)c(=O)[nH]c1=O. The van der Waals surface area contributed by atoms with Crippen LogP contribution in [0.1, 0.15) is 29.3 Å². The van der Waals surface area contributed by atoms with Crippen LogP contribution in [-0.2, 0) is 0 Å². The number of nitrogens with one attached hydrogen (secondary N) is 1. The summed E-state index contributed by atoms with van der Waals surface area (Å²) >= 11 is 0. The number of aliphatic imine (C=N–C) groups is 1. The summed E-state index contributed by atoms with van der Waals surface area (Å²) < 4.78 is 0.982. The number of benzene rings is 2. The number of carbonyl (C=O) groups is 1. The fraction of sp³-hybridized carbons (Fsp3) is 0.100. The number of aromatic hydroxyl groups is 1. The van der Waals surface area contributed by atoms with E-state index in [9.17, 15) is 19.5 Å². The van der Waals surface area contributed by atoms with Gasteiger partial charge >= 0.3 is 11.7 Å². The van der Waals surface area contributed by atoms with E-state index in [2.05, 4.69) is 9.98 Å². The fourth-order valence-electron chi connectivity index (χ4n) is 2.78. The standard InChI is InChI=1S/C20H17N3O5/c1-2-15(21-13-8-6-7-12(11-13)19(26)27)16-17(24)22-20(28)23(18(16)25)14-9-4-3-5-10-14/h3-11,25H,2H2,1H3,(H,26,27)(H,22,24,28). The Morgan fingerprint density at radius 1 is 1.11 bits per heavy atom. The van der Waals surface area contributed by atoms with Gasteiger partial charge in [-0.3, -0.25) is 14.8 Å². The maximum Gasteiger partial charge on any atom is 0.335 e. The summed E-state index contributed by atoms with van der Waals surface area (Å²) in [6, 6.07) is 14.3. The van der Waals surface area contributed by atoms with E-state index in [4.69, 9.17) is 5.11 Å². The first-order valence-corrected chi connectivity index (χ1v) is 8.47. The first-order valence-electron chi connectivity index (χ1n) is 8.47. The summed E-state index contributed by atoms with van der Waals surface area (Å²) in [6.07, 6.45) is 0.265. The Kier molecular flexibility index (Phi) is 5.21. The zero-order chi connectivity index (χ0) is 20.3. The van der Waals surface area contributed by atoms with Gasteiger partial charge < -0.3 is 10.2 Å². The van der Waals surface area contributed by atoms with Crippen LogP contribution in [-0.4, -0.2) is 31.4 Å². The van der Waals surface area contributed by atoms with E-state index < -0.39 is 23.1 Å². The van der Waals surface area contributed by atoms with Crippen molar-refractivity contribution < 1.29 is 15.0 Å². The number of H-pyrrole nitrogens is 1. The number of aromatic amines is 1. The average Bonchev–Trinajstić information content (AvgIpc) is 2.67. The molecule has 0 aliphatic rings. The van der Waals surface area contributed by atoms with Crippen LogP contribution in [0, 0.1) is 0 Å². The summed E-state index contributed by atoms with van der Waals surface area (Å²) in [5, 5.41) is 19.8. The summed E-state index contributed by atoms with van der Waals surface area (Å²) in [4.78, 5) is 42.3. The number of para-hydroxylation sites is 1. The lowest BCUT2D eigenvalue weighted by Crippen LogP contribution is -2.33. The van der Waals surface area contributed by atoms with Crippen LogP contribution >= 0.6 is 0 Å². The van der Waals surface area contributed by atoms with Gasteiger partial charge in [-0.15, -0.1) is 0 Å². The molecule has 1 heterocycles. The Balaban J connectivity index is 2.21. The molecule has 3 aromatic rings. The van der Waals surface area contributed by atoms with Crippen LogP contribution in [0.5, 0.6) is 5.88 Å². The smallest absolute Gasteiger partial charge is 0.335 e. The van der Waals surface area contributed by atoms with Gasteiger partial charge in [-0.1, -0.05) is 31.2 Å². The van der Waals surface area contributed by atoms with Gasteiger partial charge in [-0.05, 0) is 36.8 Å². The largest absolute Gasteiger partial charge is 0.493 e. The van der Waals surface area contributed by atoms with Crippen molar-refractivity contribution in [1.29, 1.82) is 0 Å². The Morgan fingerprint density at radius 2 is 1.82 bits per heavy atom. The molecule has 1 aromatic heterocycles. The molecular formula is C20H17N3O5. The van der Waals surface area contributed by atoms with Crippen LogP contribution in [0.3, 0.4) is 0 Å². The number of aromatic carboxylic acids is 1. The molecule has 0 atom stereocenters. The molecular weight excluding hydrogens is 362 g/mol. The summed E-state index contributed by atoms with van der Waals surface area (Å²) in [5.74, 6) is -1.64. The quantitative estimate of drug-likeness (QED) is 0.587. The topological polar surface area (TPSA) is 125 Å². The van der Waals surface area contributed by atoms with E-state index in [1.165, 1.54) is 18.2 Å². The number of nitrogens with zero attached hydrogens (tertiary/aromatic N) is 2. The summed E-state index contributed by atoms with van der Waals surface area (Å²) in [7, 11) is 0. The monoisotopic (exact) mass is 379 g/mol. The molecule has 0 saturated carbocycles. The Morgan fingerprint density at radius 3 is 2.46 bits per heavy atom. The molecule has 0 unspecified atom stereocenters. The molecule has 8 nitrogen and oxygen atoms in total. The molecule has 0 aliphatic carbocycles. The maximum atomic E-state index is 12.4. The minimum absolute atomic E-state index is 0.0455. The second-order valence-corrected chi connectivity index (χ2v) is 5.90. The second kappa shape index (κ2) is 7.75. The average molecular weight is 379 g/mol. The predicted octanol–water partition coefficient (Wildman–Crippen LogP) is 2.46. The van der Waals surface area contributed by atoms with E-state index in [0.29, 0.717) is 11.4 Å². The van der Waals surface area contributed by atoms with Crippen molar-refractivity contribution in [3.63, 3.8) is 0 Å². The lowest BCUT2D eigenvalue weighted by molar-refractivity contribution is 0.0697. The highest BCUT2D eigenvalue weighted by Crippen LogP contribution is 2.21. The number of hydrogen-bond donors (Lipinski definition) is 3. The molecule has 0 saturated heterocycles. The van der Waals surface area contributed by atoms with E-state index >= 15 is 0 Å². The van der Waals surface area contributed by atoms with Crippen molar-refractivity contribution in [1.82, 2.24) is 9.55 Å². The van der Waals surface area contributed by atoms with Crippen LogP contribution in [0.2, 0.25) is 0 Å². The molecule has 0 bridgehead atoms. The summed E-state index contributed by atoms with van der Waals surface area (Å²) in [6.45, 7) is 1.73. The molecule has 142 valence electrons. The van der Waals surface area contributed by atoms with Crippen molar-refractivity contribution in [2.24, 2.45) is 4.99 Å². The Labute approximate surface area is 159 Å². The minimum atomic E-state index is -1.10. The number of carboxylic acid groups (broad SMARTS) is 1. The van der Waals surface area contributed by atoms with Gasteiger partial charge in [-0.2, -0.15) is 0 Å². The second-order valence-electron chi connectivity index (χ2n) is 5.90. The minimum Gasteiger partial charge on any atom is -0.493 e. The Hall–Kier alpha value is -3.94. The predicted molar refractivity (Wildman–Crippen MR) is 104 cm³/mol. The van der Waals surface area contributed by atoms with Gasteiger partial charge in [0.2, 0.25) is 5.88 Å². The molecule has 3 N–H and O–H groups in total. The van der Waals surface area contributed by atoms with E-state index in [1.807, 2.05) is 0 Å². The van der Waals surface area contributed by atoms with Gasteiger partial charge in [0.25, 0.3) is 5.56 Å². The highest BCUT2D eigenvalue weighted by molar-refractivity contribution is 6.03. The highest BCUT2D eigenvalue weighted by Gasteiger charge is 2.19. The van der Waals surface area contributed by atoms with Crippen LogP contribution < -0.4 is 11.2 Å². The van der Waals surface area contributed by atoms with Crippen molar-refractivity contribution in [2.45, 2.75) is 13.3 Å². The van der Waals surface area contributed by atoms with Gasteiger partial charge in [0.15, 0.2) is 0 Å². The molecule has 0 radical (unpaired) electrons. The third kappa shape index (κ3) is 3.61. The number of rotatable bonds is 5. The lowest BCUT2D eigenvalue weighted by Gasteiger charge is -2.12. The summed E-state index contributed by atoms with van der Waals surface area (Å²) in [5.41, 5.74) is -0.744. The molecule has 0 fully saturated rings. The van der Waals surface area contributed by atoms with Gasteiger partial charge in [0, 0.05) is 0 Å². The van der Waals surface area contributed by atoms with Crippen molar-refractivity contribution >= 4 is 17.4 Å². The zero-order valence-electron chi connectivity index (χ0n) is 14.9. The van der Waals surface area contributed by atoms with Crippen molar-refractivity contribution in [3.8, 4) is 11.6 Å². The molecule has 0 spiro atoms. The molecule has 0 aliphatic heterocycles. The van der Waals surface area contributed by atoms with Crippen LogP contribution in [0.15, 0.2) is 69.2 Å². The molecule has 0 amide bonds. The number of carboxylic acids is 1. The number of hydrogen-bond acceptors (Lipinski definition) is 5. The van der Waals surface area contributed by atoms with Crippen molar-refractivity contribution in [3.05, 3.63) is 86.6 Å². The van der Waals surface area contributed by atoms with E-state index in [0.717, 1.165) is 4.57 Å². The highest BCUT2D eigenvalue weighted by atomic mass is 16.4. The first-order chi connectivity index (χ1) is 13.4. The first kappa shape index (κ1) is 18.8. The normalized spacial score (nSPS) is 11.4. The lowest BCUT2D eigenvalue weighted by atomic mass is 10.1. The molecule has 28 heavy (non-hydrogen) atoms. The number of aromatic nitrogens is 2. The van der Waals surface area contributed by atoms with E-state index in [1.54, 1.807) is 43.3 Å². The molecule has 8 heteroatoms. The van der Waals surface area contributed by atoms with Gasteiger partial charge in [0.1, 0.15) is 5.56 Å². The third-order valence-electron chi connectivity index (χ3n) is 4.08. The van der Waals surface area contributed by atoms with Crippen LogP contribution in [0.4, 0.5) is 5.69 Å². The van der Waals surface area contributed by atoms with Crippen LogP contribution in [0.25, 0.3) is 5.69 Å². The fourth-order valence-corrected chi connectivity index (χ4v) is 2.78. The Bertz CT molecular complexity index is 1180. The van der Waals surface area contributed by atoms with Crippen molar-refractivity contribution in [2.75, 3.05) is 0 Å². The van der Waals surface area contributed by atoms with Gasteiger partial charge in [0.05, 0.1) is 22.6 Å². The molecule has 3 rings (SSSR count). The zero-order valence-corrected chi connectivity index (χ0v) is 14.9.